The van der Waals surface area contributed by atoms with Gasteiger partial charge in [0, 0.05) is 35.9 Å². The predicted molar refractivity (Wildman–Crippen MR) is 177 cm³/mol. The number of hydrogen-bond acceptors (Lipinski definition) is 8. The maximum atomic E-state index is 13.9. The highest BCUT2D eigenvalue weighted by atomic mass is 35.5. The van der Waals surface area contributed by atoms with Crippen LogP contribution in [0.4, 0.5) is 21.5 Å². The summed E-state index contributed by atoms with van der Waals surface area (Å²) in [6, 6.07) is 21.6. The summed E-state index contributed by atoms with van der Waals surface area (Å²) in [7, 11) is 0. The van der Waals surface area contributed by atoms with E-state index < -0.39 is 5.82 Å². The fraction of sp³-hybridized carbons (Fsp3) is 0.286. The van der Waals surface area contributed by atoms with E-state index in [1.807, 2.05) is 53.3 Å². The summed E-state index contributed by atoms with van der Waals surface area (Å²) in [5, 5.41) is 36.4. The first-order chi connectivity index (χ1) is 22.1. The lowest BCUT2D eigenvalue weighted by Gasteiger charge is -2.40. The summed E-state index contributed by atoms with van der Waals surface area (Å²) >= 11 is 6.79. The minimum Gasteiger partial charge on any atom is -0.373 e. The molecule has 9 nitrogen and oxygen atoms in total. The lowest BCUT2D eigenvalue weighted by atomic mass is 9.98. The molecule has 0 saturated carbocycles. The van der Waals surface area contributed by atoms with Gasteiger partial charge in [0.1, 0.15) is 23.6 Å². The van der Waals surface area contributed by atoms with E-state index in [4.69, 9.17) is 11.6 Å². The Hall–Kier alpha value is -5.03. The molecule has 3 heterocycles. The van der Waals surface area contributed by atoms with Gasteiger partial charge >= 0.3 is 0 Å². The Kier molecular flexibility index (Phi) is 8.59. The van der Waals surface area contributed by atoms with E-state index in [0.717, 1.165) is 43.3 Å². The molecule has 1 aliphatic heterocycles. The number of nitrogens with one attached hydrogen (secondary N) is 2. The van der Waals surface area contributed by atoms with E-state index in [1.165, 1.54) is 18.3 Å². The highest BCUT2D eigenvalue weighted by Crippen LogP contribution is 2.37. The molecule has 11 heteroatoms. The third kappa shape index (κ3) is 6.36. The standard InChI is InChI=1S/C35H33ClFN9/c1-35(2,3)45-13-11-27(12-14-45)46-21-31(43-44-46)33(22-7-5-4-6-8-22)41-26-16-28-32(24(19-39)20-40-34(28)29(36)17-26)42-30-10-9-25(37)15-23(30)18-38/h4-10,15-17,20-21,27,33,41H,11-14H2,1-3H3,(H,40,42)/t33-/m0/s1. The van der Waals surface area contributed by atoms with E-state index in [1.54, 1.807) is 6.07 Å². The normalized spacial score (nSPS) is 14.8. The van der Waals surface area contributed by atoms with Crippen LogP contribution in [0.3, 0.4) is 0 Å². The lowest BCUT2D eigenvalue weighted by molar-refractivity contribution is 0.0866. The largest absolute Gasteiger partial charge is 0.373 e. The molecule has 2 N–H and O–H groups in total. The van der Waals surface area contributed by atoms with Crippen LogP contribution in [0.25, 0.3) is 10.9 Å². The molecule has 0 spiro atoms. The maximum absolute atomic E-state index is 13.9. The number of halogens is 2. The number of aromatic nitrogens is 4. The molecule has 3 aromatic carbocycles. The topological polar surface area (TPSA) is 118 Å². The van der Waals surface area contributed by atoms with Crippen molar-refractivity contribution >= 4 is 39.6 Å². The van der Waals surface area contributed by atoms with Crippen molar-refractivity contribution in [2.45, 2.75) is 51.2 Å². The number of fused-ring (bicyclic) bond motifs is 1. The molecular weight excluding hydrogens is 601 g/mol. The van der Waals surface area contributed by atoms with Crippen molar-refractivity contribution < 1.29 is 4.39 Å². The van der Waals surface area contributed by atoms with Gasteiger partial charge in [0.2, 0.25) is 0 Å². The first-order valence-electron chi connectivity index (χ1n) is 15.1. The zero-order valence-electron chi connectivity index (χ0n) is 25.8. The Labute approximate surface area is 272 Å². The van der Waals surface area contributed by atoms with Crippen LogP contribution >= 0.6 is 11.6 Å². The van der Waals surface area contributed by atoms with Crippen molar-refractivity contribution in [3.63, 3.8) is 0 Å². The molecular formula is C35H33ClFN9. The number of rotatable bonds is 7. The second-order valence-corrected chi connectivity index (χ2v) is 12.8. The minimum atomic E-state index is -0.532. The molecule has 1 aliphatic rings. The SMILES string of the molecule is CC(C)(C)N1CCC(n2cc([C@@H](Nc3cc(Cl)c4ncc(C#N)c(Nc5ccc(F)cc5C#N)c4c3)c3ccccc3)nn2)CC1. The van der Waals surface area contributed by atoms with Gasteiger partial charge in [-0.2, -0.15) is 10.5 Å². The van der Waals surface area contributed by atoms with Crippen molar-refractivity contribution in [3.8, 4) is 12.1 Å². The van der Waals surface area contributed by atoms with Gasteiger partial charge in [0.25, 0.3) is 0 Å². The second-order valence-electron chi connectivity index (χ2n) is 12.4. The molecule has 0 amide bonds. The summed E-state index contributed by atoms with van der Waals surface area (Å²) in [4.78, 5) is 6.95. The van der Waals surface area contributed by atoms with E-state index in [2.05, 4.69) is 57.7 Å². The number of piperidine rings is 1. The average Bonchev–Trinajstić information content (AvgIpc) is 3.55. The van der Waals surface area contributed by atoms with E-state index >= 15 is 0 Å². The number of pyridine rings is 1. The van der Waals surface area contributed by atoms with E-state index in [0.29, 0.717) is 33.0 Å². The fourth-order valence-electron chi connectivity index (χ4n) is 5.96. The van der Waals surface area contributed by atoms with Crippen LogP contribution in [-0.4, -0.2) is 43.5 Å². The third-order valence-corrected chi connectivity index (χ3v) is 8.75. The molecule has 1 fully saturated rings. The highest BCUT2D eigenvalue weighted by Gasteiger charge is 2.29. The molecule has 1 saturated heterocycles. The molecule has 2 aromatic heterocycles. The van der Waals surface area contributed by atoms with Gasteiger partial charge < -0.3 is 10.6 Å². The van der Waals surface area contributed by atoms with Crippen LogP contribution in [0, 0.1) is 28.5 Å². The summed E-state index contributed by atoms with van der Waals surface area (Å²) in [5.74, 6) is -0.532. The highest BCUT2D eigenvalue weighted by molar-refractivity contribution is 6.36. The molecule has 0 unspecified atom stereocenters. The second kappa shape index (κ2) is 12.8. The van der Waals surface area contributed by atoms with Crippen LogP contribution in [-0.2, 0) is 0 Å². The number of nitrogens with zero attached hydrogens (tertiary/aromatic N) is 7. The monoisotopic (exact) mass is 633 g/mol. The summed E-state index contributed by atoms with van der Waals surface area (Å²) in [6.07, 6.45) is 5.44. The fourth-order valence-corrected chi connectivity index (χ4v) is 6.23. The van der Waals surface area contributed by atoms with Crippen molar-refractivity contribution in [1.82, 2.24) is 24.9 Å². The van der Waals surface area contributed by atoms with Gasteiger partial charge in [-0.05, 0) is 69.5 Å². The Morgan fingerprint density at radius 1 is 1.00 bits per heavy atom. The van der Waals surface area contributed by atoms with Gasteiger partial charge in [-0.25, -0.2) is 9.07 Å². The van der Waals surface area contributed by atoms with Crippen LogP contribution < -0.4 is 10.6 Å². The summed E-state index contributed by atoms with van der Waals surface area (Å²) in [6.45, 7) is 8.75. The van der Waals surface area contributed by atoms with E-state index in [9.17, 15) is 14.9 Å². The Morgan fingerprint density at radius 3 is 2.43 bits per heavy atom. The van der Waals surface area contributed by atoms with Crippen molar-refractivity contribution in [1.29, 1.82) is 10.5 Å². The smallest absolute Gasteiger partial charge is 0.124 e. The van der Waals surface area contributed by atoms with E-state index in [-0.39, 0.29) is 28.7 Å². The van der Waals surface area contributed by atoms with Crippen LogP contribution in [0.15, 0.2) is 73.1 Å². The van der Waals surface area contributed by atoms with Gasteiger partial charge in [-0.15, -0.1) is 5.10 Å². The van der Waals surface area contributed by atoms with Gasteiger partial charge in [0.05, 0.1) is 51.3 Å². The number of anilines is 3. The zero-order valence-corrected chi connectivity index (χ0v) is 26.6. The van der Waals surface area contributed by atoms with Crippen molar-refractivity contribution in [2.75, 3.05) is 23.7 Å². The molecule has 46 heavy (non-hydrogen) atoms. The van der Waals surface area contributed by atoms with Crippen LogP contribution in [0.2, 0.25) is 5.02 Å². The molecule has 232 valence electrons. The molecule has 0 radical (unpaired) electrons. The summed E-state index contributed by atoms with van der Waals surface area (Å²) in [5.41, 5.74) is 4.13. The van der Waals surface area contributed by atoms with Crippen molar-refractivity contribution in [3.05, 3.63) is 106 Å². The maximum Gasteiger partial charge on any atom is 0.124 e. The van der Waals surface area contributed by atoms with Crippen molar-refractivity contribution in [2.24, 2.45) is 0 Å². The number of benzene rings is 3. The Bertz CT molecular complexity index is 1960. The van der Waals surface area contributed by atoms with Crippen LogP contribution in [0.1, 0.15) is 68.1 Å². The third-order valence-electron chi connectivity index (χ3n) is 8.46. The first kappa shape index (κ1) is 31.0. The molecule has 0 aliphatic carbocycles. The van der Waals surface area contributed by atoms with Gasteiger partial charge in [0.15, 0.2) is 0 Å². The quantitative estimate of drug-likeness (QED) is 0.187. The lowest BCUT2D eigenvalue weighted by Crippen LogP contribution is -2.46. The van der Waals surface area contributed by atoms with Gasteiger partial charge in [-0.3, -0.25) is 9.88 Å². The van der Waals surface area contributed by atoms with Crippen LogP contribution in [0.5, 0.6) is 0 Å². The zero-order chi connectivity index (χ0) is 32.4. The molecule has 0 bridgehead atoms. The summed E-state index contributed by atoms with van der Waals surface area (Å²) < 4.78 is 15.9. The molecule has 1 atom stereocenters. The Morgan fingerprint density at radius 2 is 1.74 bits per heavy atom. The number of likely N-dealkylation sites (tertiary alicyclic amines) is 1. The minimum absolute atomic E-state index is 0.102. The first-order valence-corrected chi connectivity index (χ1v) is 15.5. The molecule has 5 aromatic rings. The number of hydrogen-bond donors (Lipinski definition) is 2. The Balaban J connectivity index is 1.36. The van der Waals surface area contributed by atoms with Gasteiger partial charge in [-0.1, -0.05) is 47.1 Å². The predicted octanol–water partition coefficient (Wildman–Crippen LogP) is 7.74. The average molecular weight is 634 g/mol. The number of nitriles is 2. The molecule has 6 rings (SSSR count).